The van der Waals surface area contributed by atoms with Crippen LogP contribution in [0.4, 0.5) is 24.5 Å². The Bertz CT molecular complexity index is 758. The maximum absolute atomic E-state index is 12.5. The number of nitrogens with one attached hydrogen (secondary N) is 1. The second-order valence-electron chi connectivity index (χ2n) is 7.18. The van der Waals surface area contributed by atoms with Crippen LogP contribution < -0.4 is 10.2 Å². The minimum atomic E-state index is -4.13. The largest absolute Gasteiger partial charge is 0.401 e. The molecule has 1 aromatic heterocycles. The van der Waals surface area contributed by atoms with Crippen molar-refractivity contribution in [2.45, 2.75) is 25.9 Å². The zero-order chi connectivity index (χ0) is 19.6. The number of piperazine rings is 1. The van der Waals surface area contributed by atoms with E-state index < -0.39 is 12.7 Å². The molecule has 0 atom stereocenters. The highest BCUT2D eigenvalue weighted by atomic mass is 19.4. The van der Waals surface area contributed by atoms with Gasteiger partial charge in [-0.05, 0) is 30.3 Å². The van der Waals surface area contributed by atoms with E-state index in [-0.39, 0.29) is 0 Å². The zero-order valence-electron chi connectivity index (χ0n) is 15.6. The number of halogens is 3. The number of nitrogens with zero attached hydrogens (tertiary/aromatic N) is 4. The van der Waals surface area contributed by atoms with Crippen molar-refractivity contribution in [2.24, 2.45) is 0 Å². The highest BCUT2D eigenvalue weighted by Crippen LogP contribution is 2.22. The summed E-state index contributed by atoms with van der Waals surface area (Å²) in [5, 5.41) is 7.94. The van der Waals surface area contributed by atoms with Crippen LogP contribution in [0.2, 0.25) is 0 Å². The Morgan fingerprint density at radius 2 is 1.79 bits per heavy atom. The summed E-state index contributed by atoms with van der Waals surface area (Å²) in [7, 11) is 0. The van der Waals surface area contributed by atoms with Gasteiger partial charge in [0, 0.05) is 37.6 Å². The molecule has 0 saturated carbocycles. The molecule has 0 amide bonds. The van der Waals surface area contributed by atoms with E-state index >= 15 is 0 Å². The Morgan fingerprint density at radius 3 is 2.46 bits per heavy atom. The molecule has 0 aliphatic carbocycles. The number of ether oxygens (including phenoxy) is 1. The predicted octanol–water partition coefficient (Wildman–Crippen LogP) is 2.71. The quantitative estimate of drug-likeness (QED) is 0.844. The molecule has 1 fully saturated rings. The number of rotatable bonds is 5. The number of aromatic nitrogens is 2. The van der Waals surface area contributed by atoms with Gasteiger partial charge in [0.05, 0.1) is 44.2 Å². The van der Waals surface area contributed by atoms with Crippen LogP contribution in [0.25, 0.3) is 0 Å². The monoisotopic (exact) mass is 395 g/mol. The van der Waals surface area contributed by atoms with Gasteiger partial charge in [-0.15, -0.1) is 0 Å². The molecule has 1 saturated heterocycles. The average molecular weight is 395 g/mol. The standard InChI is InChI=1S/C19H24F3N5O/c20-19(21,22)14-25-5-7-26(8-6-25)17-3-1-15(2-4-17)23-12-16-11-18-13-28-10-9-27(18)24-16/h1-4,11,23H,5-10,12-14H2. The Kier molecular flexibility index (Phi) is 5.45. The van der Waals surface area contributed by atoms with Gasteiger partial charge >= 0.3 is 6.18 Å². The third-order valence-electron chi connectivity index (χ3n) is 5.09. The molecule has 28 heavy (non-hydrogen) atoms. The molecule has 2 aliphatic rings. The lowest BCUT2D eigenvalue weighted by Gasteiger charge is -2.36. The lowest BCUT2D eigenvalue weighted by atomic mass is 10.2. The predicted molar refractivity (Wildman–Crippen MR) is 100 cm³/mol. The minimum absolute atomic E-state index is 0.425. The Balaban J connectivity index is 1.28. The third-order valence-corrected chi connectivity index (χ3v) is 5.09. The first-order chi connectivity index (χ1) is 13.5. The van der Waals surface area contributed by atoms with Gasteiger partial charge < -0.3 is 15.0 Å². The van der Waals surface area contributed by atoms with Crippen LogP contribution >= 0.6 is 0 Å². The topological polar surface area (TPSA) is 45.6 Å². The molecule has 9 heteroatoms. The van der Waals surface area contributed by atoms with Gasteiger partial charge in [0.2, 0.25) is 0 Å². The Morgan fingerprint density at radius 1 is 1.04 bits per heavy atom. The van der Waals surface area contributed by atoms with E-state index in [1.54, 1.807) is 0 Å². The minimum Gasteiger partial charge on any atom is -0.379 e. The van der Waals surface area contributed by atoms with Gasteiger partial charge in [0.15, 0.2) is 0 Å². The molecule has 3 heterocycles. The highest BCUT2D eigenvalue weighted by molar-refractivity contribution is 5.55. The van der Waals surface area contributed by atoms with E-state index in [2.05, 4.69) is 21.4 Å². The number of hydrogen-bond donors (Lipinski definition) is 1. The lowest BCUT2D eigenvalue weighted by Crippen LogP contribution is -2.49. The molecule has 6 nitrogen and oxygen atoms in total. The number of alkyl halides is 3. The fraction of sp³-hybridized carbons (Fsp3) is 0.526. The van der Waals surface area contributed by atoms with E-state index in [0.29, 0.717) is 45.9 Å². The molecule has 0 radical (unpaired) electrons. The van der Waals surface area contributed by atoms with Crippen molar-refractivity contribution in [3.05, 3.63) is 41.7 Å². The Labute approximate surface area is 161 Å². The van der Waals surface area contributed by atoms with Gasteiger partial charge in [0.1, 0.15) is 0 Å². The van der Waals surface area contributed by atoms with E-state index in [9.17, 15) is 13.2 Å². The van der Waals surface area contributed by atoms with Crippen LogP contribution in [0, 0.1) is 0 Å². The van der Waals surface area contributed by atoms with Crippen molar-refractivity contribution in [1.29, 1.82) is 0 Å². The van der Waals surface area contributed by atoms with E-state index in [1.807, 2.05) is 28.9 Å². The molecule has 1 aromatic carbocycles. The van der Waals surface area contributed by atoms with Gasteiger partial charge in [-0.25, -0.2) is 0 Å². The van der Waals surface area contributed by atoms with E-state index in [0.717, 1.165) is 29.3 Å². The molecule has 4 rings (SSSR count). The Hall–Kier alpha value is -2.26. The van der Waals surface area contributed by atoms with Crippen molar-refractivity contribution in [2.75, 3.05) is 49.5 Å². The van der Waals surface area contributed by atoms with Gasteiger partial charge in [-0.2, -0.15) is 18.3 Å². The van der Waals surface area contributed by atoms with Crippen LogP contribution in [-0.4, -0.2) is 60.2 Å². The summed E-state index contributed by atoms with van der Waals surface area (Å²) in [6.07, 6.45) is -4.13. The van der Waals surface area contributed by atoms with Crippen molar-refractivity contribution in [3.63, 3.8) is 0 Å². The molecule has 0 spiro atoms. The average Bonchev–Trinajstić information content (AvgIpc) is 3.09. The summed E-state index contributed by atoms with van der Waals surface area (Å²) >= 11 is 0. The summed E-state index contributed by atoms with van der Waals surface area (Å²) in [4.78, 5) is 3.59. The first-order valence-electron chi connectivity index (χ1n) is 9.48. The summed E-state index contributed by atoms with van der Waals surface area (Å²) in [6.45, 7) is 3.97. The van der Waals surface area contributed by atoms with Crippen LogP contribution in [0.5, 0.6) is 0 Å². The van der Waals surface area contributed by atoms with Crippen molar-refractivity contribution in [1.82, 2.24) is 14.7 Å². The molecule has 2 aliphatic heterocycles. The van der Waals surface area contributed by atoms with Crippen LogP contribution in [-0.2, 0) is 24.4 Å². The SMILES string of the molecule is FC(F)(F)CN1CCN(c2ccc(NCc3cc4n(n3)CCOC4)cc2)CC1. The fourth-order valence-electron chi connectivity index (χ4n) is 3.64. The second kappa shape index (κ2) is 8.00. The molecule has 0 unspecified atom stereocenters. The van der Waals surface area contributed by atoms with Crippen molar-refractivity contribution < 1.29 is 17.9 Å². The lowest BCUT2D eigenvalue weighted by molar-refractivity contribution is -0.146. The maximum atomic E-state index is 12.5. The fourth-order valence-corrected chi connectivity index (χ4v) is 3.64. The molecular formula is C19H24F3N5O. The normalized spacial score (nSPS) is 18.2. The zero-order valence-corrected chi connectivity index (χ0v) is 15.6. The third kappa shape index (κ3) is 4.77. The number of hydrogen-bond acceptors (Lipinski definition) is 5. The smallest absolute Gasteiger partial charge is 0.379 e. The molecular weight excluding hydrogens is 371 g/mol. The maximum Gasteiger partial charge on any atom is 0.401 e. The molecule has 0 bridgehead atoms. The molecule has 2 aromatic rings. The summed E-state index contributed by atoms with van der Waals surface area (Å²) in [6, 6.07) is 10.1. The molecule has 152 valence electrons. The highest BCUT2D eigenvalue weighted by Gasteiger charge is 2.32. The van der Waals surface area contributed by atoms with E-state index in [4.69, 9.17) is 4.74 Å². The first kappa shape index (κ1) is 19.1. The molecule has 1 N–H and O–H groups in total. The summed E-state index contributed by atoms with van der Waals surface area (Å²) < 4.78 is 44.9. The van der Waals surface area contributed by atoms with Crippen LogP contribution in [0.3, 0.4) is 0 Å². The first-order valence-corrected chi connectivity index (χ1v) is 9.48. The number of fused-ring (bicyclic) bond motifs is 1. The number of anilines is 2. The van der Waals surface area contributed by atoms with Gasteiger partial charge in [-0.1, -0.05) is 0 Å². The number of benzene rings is 1. The van der Waals surface area contributed by atoms with Crippen molar-refractivity contribution >= 4 is 11.4 Å². The second-order valence-corrected chi connectivity index (χ2v) is 7.18. The summed E-state index contributed by atoms with van der Waals surface area (Å²) in [5.74, 6) is 0. The summed E-state index contributed by atoms with van der Waals surface area (Å²) in [5.41, 5.74) is 4.10. The van der Waals surface area contributed by atoms with Gasteiger partial charge in [-0.3, -0.25) is 9.58 Å². The van der Waals surface area contributed by atoms with Gasteiger partial charge in [0.25, 0.3) is 0 Å². The van der Waals surface area contributed by atoms with Crippen molar-refractivity contribution in [3.8, 4) is 0 Å². The van der Waals surface area contributed by atoms with E-state index in [1.165, 1.54) is 4.90 Å². The van der Waals surface area contributed by atoms with Crippen LogP contribution in [0.15, 0.2) is 30.3 Å². The van der Waals surface area contributed by atoms with Crippen LogP contribution in [0.1, 0.15) is 11.4 Å².